The second-order valence-electron chi connectivity index (χ2n) is 5.40. The van der Waals surface area contributed by atoms with Gasteiger partial charge in [0.05, 0.1) is 23.3 Å². The van der Waals surface area contributed by atoms with E-state index >= 15 is 0 Å². The number of nitrogens with one attached hydrogen (secondary N) is 1. The largest absolute Gasteiger partial charge is 0.396 e. The summed E-state index contributed by atoms with van der Waals surface area (Å²) in [4.78, 5) is 20.7. The van der Waals surface area contributed by atoms with Crippen molar-refractivity contribution in [1.82, 2.24) is 15.3 Å². The molecule has 0 spiro atoms. The molecule has 21 heavy (non-hydrogen) atoms. The molecular weight excluding hydrogens is 270 g/mol. The minimum Gasteiger partial charge on any atom is -0.396 e. The second kappa shape index (κ2) is 5.75. The number of hydrogen-bond acceptors (Lipinski definition) is 5. The summed E-state index contributed by atoms with van der Waals surface area (Å²) in [6.45, 7) is -0.0662. The number of para-hydroxylation sites is 2. The average Bonchev–Trinajstić information content (AvgIpc) is 2.86. The van der Waals surface area contributed by atoms with Crippen molar-refractivity contribution in [2.24, 2.45) is 5.92 Å². The van der Waals surface area contributed by atoms with Crippen LogP contribution in [0.2, 0.25) is 0 Å². The van der Waals surface area contributed by atoms with Crippen molar-refractivity contribution in [3.05, 3.63) is 36.2 Å². The number of hydrogen-bond donors (Lipinski definition) is 3. The van der Waals surface area contributed by atoms with E-state index in [2.05, 4.69) is 15.3 Å². The smallest absolute Gasteiger partial charge is 0.271 e. The number of rotatable bonds is 3. The number of aliphatic hydroxyl groups is 2. The third-order valence-corrected chi connectivity index (χ3v) is 3.91. The standard InChI is InChI=1S/C15H17N3O3/c19-8-9-5-10(6-14(9)20)17-15(21)13-7-16-11-3-1-2-4-12(11)18-13/h1-4,7,9-10,14,19-20H,5-6,8H2,(H,17,21)/t9-,10+,14+/m1/s1. The highest BCUT2D eigenvalue weighted by atomic mass is 16.3. The first-order valence-electron chi connectivity index (χ1n) is 6.99. The fourth-order valence-electron chi connectivity index (χ4n) is 2.74. The highest BCUT2D eigenvalue weighted by Gasteiger charge is 2.33. The first-order chi connectivity index (χ1) is 10.2. The van der Waals surface area contributed by atoms with Gasteiger partial charge in [0.25, 0.3) is 5.91 Å². The summed E-state index contributed by atoms with van der Waals surface area (Å²) in [6, 6.07) is 7.21. The summed E-state index contributed by atoms with van der Waals surface area (Å²) >= 11 is 0. The van der Waals surface area contributed by atoms with Crippen molar-refractivity contribution >= 4 is 16.9 Å². The predicted octanol–water partition coefficient (Wildman–Crippen LogP) is 0.491. The van der Waals surface area contributed by atoms with Gasteiger partial charge in [-0.05, 0) is 25.0 Å². The zero-order valence-corrected chi connectivity index (χ0v) is 11.4. The second-order valence-corrected chi connectivity index (χ2v) is 5.40. The Morgan fingerprint density at radius 2 is 2.05 bits per heavy atom. The lowest BCUT2D eigenvalue weighted by Gasteiger charge is -2.12. The van der Waals surface area contributed by atoms with Crippen LogP contribution in [-0.2, 0) is 0 Å². The number of aliphatic hydroxyl groups excluding tert-OH is 2. The van der Waals surface area contributed by atoms with Gasteiger partial charge >= 0.3 is 0 Å². The lowest BCUT2D eigenvalue weighted by atomic mass is 10.1. The molecule has 2 aromatic rings. The van der Waals surface area contributed by atoms with Crippen molar-refractivity contribution < 1.29 is 15.0 Å². The molecule has 1 aromatic heterocycles. The number of carbonyl (C=O) groups is 1. The third kappa shape index (κ3) is 2.86. The normalized spacial score (nSPS) is 25.1. The zero-order valence-electron chi connectivity index (χ0n) is 11.4. The molecule has 0 saturated heterocycles. The third-order valence-electron chi connectivity index (χ3n) is 3.91. The van der Waals surface area contributed by atoms with Crippen LogP contribution in [0.5, 0.6) is 0 Å². The molecule has 1 aromatic carbocycles. The Kier molecular flexibility index (Phi) is 3.81. The molecule has 1 amide bonds. The zero-order chi connectivity index (χ0) is 14.8. The number of nitrogens with zero attached hydrogens (tertiary/aromatic N) is 2. The Hall–Kier alpha value is -2.05. The van der Waals surface area contributed by atoms with Crippen molar-refractivity contribution in [3.63, 3.8) is 0 Å². The van der Waals surface area contributed by atoms with E-state index in [9.17, 15) is 9.90 Å². The van der Waals surface area contributed by atoms with Gasteiger partial charge < -0.3 is 15.5 Å². The molecule has 0 aliphatic heterocycles. The summed E-state index contributed by atoms with van der Waals surface area (Å²) in [6.07, 6.45) is 1.91. The summed E-state index contributed by atoms with van der Waals surface area (Å²) in [5, 5.41) is 21.7. The molecule has 1 heterocycles. The number of amides is 1. The fraction of sp³-hybridized carbons (Fsp3) is 0.400. The molecular formula is C15H17N3O3. The molecule has 0 radical (unpaired) electrons. The molecule has 0 bridgehead atoms. The molecule has 6 heteroatoms. The van der Waals surface area contributed by atoms with Crippen LogP contribution in [0.4, 0.5) is 0 Å². The molecule has 1 saturated carbocycles. The van der Waals surface area contributed by atoms with E-state index in [4.69, 9.17) is 5.11 Å². The van der Waals surface area contributed by atoms with E-state index in [1.807, 2.05) is 18.2 Å². The summed E-state index contributed by atoms with van der Waals surface area (Å²) in [7, 11) is 0. The van der Waals surface area contributed by atoms with Crippen LogP contribution in [0, 0.1) is 5.92 Å². The van der Waals surface area contributed by atoms with Gasteiger partial charge in [0.1, 0.15) is 5.69 Å². The monoisotopic (exact) mass is 287 g/mol. The highest BCUT2D eigenvalue weighted by molar-refractivity contribution is 5.93. The number of fused-ring (bicyclic) bond motifs is 1. The van der Waals surface area contributed by atoms with Gasteiger partial charge in [0.2, 0.25) is 0 Å². The first-order valence-corrected chi connectivity index (χ1v) is 6.99. The number of benzene rings is 1. The quantitative estimate of drug-likeness (QED) is 0.763. The Morgan fingerprint density at radius 1 is 1.29 bits per heavy atom. The van der Waals surface area contributed by atoms with E-state index in [0.717, 1.165) is 5.52 Å². The van der Waals surface area contributed by atoms with E-state index in [-0.39, 0.29) is 30.2 Å². The van der Waals surface area contributed by atoms with Gasteiger partial charge in [0, 0.05) is 18.6 Å². The predicted molar refractivity (Wildman–Crippen MR) is 76.6 cm³/mol. The Labute approximate surface area is 121 Å². The minimum absolute atomic E-state index is 0.0662. The van der Waals surface area contributed by atoms with Crippen molar-refractivity contribution in [3.8, 4) is 0 Å². The van der Waals surface area contributed by atoms with Gasteiger partial charge in [-0.2, -0.15) is 0 Å². The van der Waals surface area contributed by atoms with Crippen LogP contribution in [0.1, 0.15) is 23.3 Å². The van der Waals surface area contributed by atoms with Gasteiger partial charge in [-0.25, -0.2) is 4.98 Å². The summed E-state index contributed by atoms with van der Waals surface area (Å²) in [5.74, 6) is -0.470. The SMILES string of the molecule is O=C(N[C@H]1C[C@H](CO)[C@@H](O)C1)c1cnc2ccccc2n1. The van der Waals surface area contributed by atoms with Crippen LogP contribution in [-0.4, -0.2) is 44.8 Å². The molecule has 0 unspecified atom stereocenters. The van der Waals surface area contributed by atoms with Crippen molar-refractivity contribution in [2.75, 3.05) is 6.61 Å². The molecule has 1 fully saturated rings. The maximum Gasteiger partial charge on any atom is 0.271 e. The maximum atomic E-state index is 12.2. The van der Waals surface area contributed by atoms with E-state index < -0.39 is 6.10 Å². The van der Waals surface area contributed by atoms with E-state index in [1.165, 1.54) is 6.20 Å². The van der Waals surface area contributed by atoms with Crippen molar-refractivity contribution in [1.29, 1.82) is 0 Å². The highest BCUT2D eigenvalue weighted by Crippen LogP contribution is 2.25. The van der Waals surface area contributed by atoms with Gasteiger partial charge in [-0.15, -0.1) is 0 Å². The van der Waals surface area contributed by atoms with Crippen LogP contribution in [0.15, 0.2) is 30.5 Å². The summed E-state index contributed by atoms with van der Waals surface area (Å²) < 4.78 is 0. The number of carbonyl (C=O) groups excluding carboxylic acids is 1. The molecule has 3 N–H and O–H groups in total. The fourth-order valence-corrected chi connectivity index (χ4v) is 2.74. The molecule has 3 atom stereocenters. The molecule has 110 valence electrons. The Bertz CT molecular complexity index is 661. The van der Waals surface area contributed by atoms with Crippen molar-refractivity contribution in [2.45, 2.75) is 25.0 Å². The van der Waals surface area contributed by atoms with Crippen LogP contribution in [0.3, 0.4) is 0 Å². The first kappa shape index (κ1) is 13.9. The maximum absolute atomic E-state index is 12.2. The average molecular weight is 287 g/mol. The lowest BCUT2D eigenvalue weighted by Crippen LogP contribution is -2.34. The van der Waals surface area contributed by atoms with Crippen LogP contribution in [0.25, 0.3) is 11.0 Å². The van der Waals surface area contributed by atoms with E-state index in [0.29, 0.717) is 18.4 Å². The lowest BCUT2D eigenvalue weighted by molar-refractivity contribution is 0.0902. The topological polar surface area (TPSA) is 95.3 Å². The van der Waals surface area contributed by atoms with Gasteiger partial charge in [0.15, 0.2) is 0 Å². The minimum atomic E-state index is -0.567. The molecule has 1 aliphatic carbocycles. The Balaban J connectivity index is 1.72. The van der Waals surface area contributed by atoms with Crippen LogP contribution < -0.4 is 5.32 Å². The molecule has 1 aliphatic rings. The van der Waals surface area contributed by atoms with E-state index in [1.54, 1.807) is 6.07 Å². The Morgan fingerprint density at radius 3 is 2.76 bits per heavy atom. The van der Waals surface area contributed by atoms with Gasteiger partial charge in [-0.1, -0.05) is 12.1 Å². The van der Waals surface area contributed by atoms with Gasteiger partial charge in [-0.3, -0.25) is 9.78 Å². The van der Waals surface area contributed by atoms with Crippen LogP contribution >= 0.6 is 0 Å². The molecule has 3 rings (SSSR count). The number of aromatic nitrogens is 2. The molecule has 6 nitrogen and oxygen atoms in total. The summed E-state index contributed by atoms with van der Waals surface area (Å²) in [5.41, 5.74) is 1.67.